The molecule has 4 aromatic carbocycles. The summed E-state index contributed by atoms with van der Waals surface area (Å²) < 4.78 is 31.6. The van der Waals surface area contributed by atoms with E-state index in [0.29, 0.717) is 46.8 Å². The summed E-state index contributed by atoms with van der Waals surface area (Å²) in [7, 11) is -3.38. The van der Waals surface area contributed by atoms with Crippen LogP contribution in [0.15, 0.2) is 97.1 Å². The van der Waals surface area contributed by atoms with Crippen LogP contribution in [0.2, 0.25) is 36.3 Å². The van der Waals surface area contributed by atoms with Crippen molar-refractivity contribution in [2.75, 3.05) is 0 Å². The van der Waals surface area contributed by atoms with Crippen LogP contribution in [0.5, 0.6) is 23.0 Å². The summed E-state index contributed by atoms with van der Waals surface area (Å²) >= 11 is 0. The molecule has 0 spiro atoms. The van der Waals surface area contributed by atoms with Gasteiger partial charge in [0.1, 0.15) is 29.6 Å². The van der Waals surface area contributed by atoms with Crippen molar-refractivity contribution >= 4 is 58.5 Å². The molecule has 0 radical (unpaired) electrons. The van der Waals surface area contributed by atoms with E-state index in [4.69, 9.17) is 42.8 Å². The molecule has 0 atom stereocenters. The third-order valence-electron chi connectivity index (χ3n) is 11.0. The largest absolute Gasteiger partial charge is 0.534 e. The molecule has 1 fully saturated rings. The zero-order valence-electron chi connectivity index (χ0n) is 44.5. The fourth-order valence-electron chi connectivity index (χ4n) is 4.92. The van der Waals surface area contributed by atoms with E-state index in [1.807, 2.05) is 24.3 Å². The molecule has 0 saturated carbocycles. The minimum atomic E-state index is -1.71. The Morgan fingerprint density at radius 2 is 0.779 bits per heavy atom. The number of aliphatic hydroxyl groups is 1. The lowest BCUT2D eigenvalue weighted by atomic mass is 10.2. The highest BCUT2D eigenvalue weighted by atomic mass is 28.4. The second kappa shape index (κ2) is 36.3. The van der Waals surface area contributed by atoms with Gasteiger partial charge >= 0.3 is 24.1 Å². The Labute approximate surface area is 460 Å². The molecule has 20 heteroatoms. The third-order valence-corrected chi connectivity index (χ3v) is 20.0. The Bertz CT molecular complexity index is 2370. The molecule has 2 amide bonds. The molecule has 1 heterocycles. The number of ether oxygens (including phenoxy) is 4. The fourth-order valence-corrected chi connectivity index (χ4v) is 6.84. The van der Waals surface area contributed by atoms with Gasteiger partial charge in [-0.2, -0.15) is 0 Å². The fraction of sp³-hybridized carbons (Fsp3) is 0.456. The van der Waals surface area contributed by atoms with E-state index >= 15 is 0 Å². The highest BCUT2D eigenvalue weighted by Crippen LogP contribution is 2.38. The molecule has 3 N–H and O–H groups in total. The standard InChI is InChI=1S/C15H24O3Si.C14H13NO7.C13H22O2Si.C9H10O3.C2H4O2.4CH4/c1-12(16)18-14-9-7-13(8-10-14)11-17-19(5,6)15(2,3)4;1-9(16)21-11-4-2-10(3-5-11)8-20-14(19)22-15-12(17)6-7-13(15)18;1-13(2,3)16(4,5)15-10-11-6-8-12(14)9-7-11;1-7(11)12-9-4-2-8(6-10)3-5-9;1-2(3)4;;;;/h7-10H,11H2,1-6H3;2-5H,6-8H2,1H3;6-9,14H,10H2,1-5H3;2-5,10H,6H2,1H3;1H3,(H,3,4);4*1H4. The molecule has 0 aromatic heterocycles. The predicted octanol–water partition coefficient (Wildman–Crippen LogP) is 13.1. The second-order valence-electron chi connectivity index (χ2n) is 19.4. The quantitative estimate of drug-likeness (QED) is 0.0487. The molecule has 5 rings (SSSR count). The number of nitrogens with zero attached hydrogens (tertiary/aromatic N) is 1. The van der Waals surface area contributed by atoms with Crippen LogP contribution in [0.3, 0.4) is 0 Å². The number of rotatable bonds is 13. The number of hydrogen-bond donors (Lipinski definition) is 3. The summed E-state index contributed by atoms with van der Waals surface area (Å²) in [5.74, 6) is -1.32. The van der Waals surface area contributed by atoms with E-state index in [0.717, 1.165) is 23.6 Å². The van der Waals surface area contributed by atoms with Gasteiger partial charge in [0.05, 0.1) is 19.8 Å². The van der Waals surface area contributed by atoms with Crippen LogP contribution in [0, 0.1) is 0 Å². The van der Waals surface area contributed by atoms with Crippen LogP contribution in [0.1, 0.15) is 134 Å². The van der Waals surface area contributed by atoms with E-state index in [2.05, 4.69) is 72.6 Å². The molecule has 0 bridgehead atoms. The highest BCUT2D eigenvalue weighted by Gasteiger charge is 2.38. The maximum absolute atomic E-state index is 11.4. The van der Waals surface area contributed by atoms with Crippen molar-refractivity contribution in [3.8, 4) is 23.0 Å². The molecule has 0 aliphatic carbocycles. The smallest absolute Gasteiger partial charge is 0.508 e. The van der Waals surface area contributed by atoms with Gasteiger partial charge in [-0.1, -0.05) is 125 Å². The number of phenols is 1. The minimum absolute atomic E-state index is 0. The zero-order valence-corrected chi connectivity index (χ0v) is 46.5. The van der Waals surface area contributed by atoms with Crippen molar-refractivity contribution < 1.29 is 81.5 Å². The van der Waals surface area contributed by atoms with E-state index in [9.17, 15) is 33.9 Å². The Kier molecular flexibility index (Phi) is 36.2. The van der Waals surface area contributed by atoms with Crippen LogP contribution < -0.4 is 14.2 Å². The molecule has 18 nitrogen and oxygen atoms in total. The van der Waals surface area contributed by atoms with E-state index in [-0.39, 0.29) is 77.8 Å². The Morgan fingerprint density at radius 3 is 1.05 bits per heavy atom. The number of amides is 2. The zero-order chi connectivity index (χ0) is 55.7. The summed E-state index contributed by atoms with van der Waals surface area (Å²) in [5, 5.41) is 26.2. The number of phenolic OH excluding ortho intramolecular Hbond substituents is 1. The summed E-state index contributed by atoms with van der Waals surface area (Å²) in [6.45, 7) is 28.6. The van der Waals surface area contributed by atoms with Gasteiger partial charge < -0.3 is 43.1 Å². The lowest BCUT2D eigenvalue weighted by Gasteiger charge is -2.36. The monoisotopic (exact) mass is 1120 g/mol. The molecule has 77 heavy (non-hydrogen) atoms. The molecule has 432 valence electrons. The maximum Gasteiger partial charge on any atom is 0.534 e. The predicted molar refractivity (Wildman–Crippen MR) is 304 cm³/mol. The lowest BCUT2D eigenvalue weighted by Crippen LogP contribution is -2.40. The van der Waals surface area contributed by atoms with Gasteiger partial charge in [-0.25, -0.2) is 4.79 Å². The maximum atomic E-state index is 11.4. The second-order valence-corrected chi connectivity index (χ2v) is 29.0. The number of esters is 3. The van der Waals surface area contributed by atoms with Crippen molar-refractivity contribution in [2.24, 2.45) is 0 Å². The van der Waals surface area contributed by atoms with Crippen LogP contribution in [0.4, 0.5) is 4.79 Å². The Morgan fingerprint density at radius 1 is 0.506 bits per heavy atom. The van der Waals surface area contributed by atoms with Crippen molar-refractivity contribution in [2.45, 2.75) is 174 Å². The molecular weight excluding hydrogens is 1030 g/mol. The van der Waals surface area contributed by atoms with Crippen molar-refractivity contribution in [3.05, 3.63) is 119 Å². The Balaban J connectivity index is -0.000000450. The van der Waals surface area contributed by atoms with Crippen LogP contribution in [-0.2, 0) is 73.6 Å². The first-order chi connectivity index (χ1) is 33.7. The summed E-state index contributed by atoms with van der Waals surface area (Å²) in [4.78, 5) is 79.5. The first-order valence-electron chi connectivity index (χ1n) is 23.1. The van der Waals surface area contributed by atoms with Gasteiger partial charge in [0, 0.05) is 40.5 Å². The number of benzene rings is 4. The van der Waals surface area contributed by atoms with E-state index < -0.39 is 46.5 Å². The SMILES string of the molecule is C.C.C.C.CC(=O)O.CC(=O)Oc1ccc(CO)cc1.CC(=O)Oc1ccc(COC(=O)ON2C(=O)CCC2=O)cc1.CC(=O)Oc1ccc(CO[Si](C)(C)C(C)(C)C)cc1.CC(C)(C)[Si](C)(C)OCc1ccc(O)cc1. The van der Waals surface area contributed by atoms with Gasteiger partial charge in [-0.3, -0.25) is 33.6 Å². The van der Waals surface area contributed by atoms with Crippen LogP contribution >= 0.6 is 0 Å². The Hall–Kier alpha value is -6.72. The van der Waals surface area contributed by atoms with Crippen molar-refractivity contribution in [3.63, 3.8) is 0 Å². The normalized spacial score (nSPS) is 11.5. The van der Waals surface area contributed by atoms with Crippen LogP contribution in [0.25, 0.3) is 0 Å². The van der Waals surface area contributed by atoms with E-state index in [1.165, 1.54) is 20.8 Å². The number of aliphatic carboxylic acids is 1. The first-order valence-corrected chi connectivity index (χ1v) is 29.0. The topological polar surface area (TPSA) is 248 Å². The molecule has 0 unspecified atom stereocenters. The number of imide groups is 1. The number of carboxylic acids is 1. The number of aliphatic hydroxyl groups excluding tert-OH is 1. The lowest BCUT2D eigenvalue weighted by molar-refractivity contribution is -0.177. The highest BCUT2D eigenvalue weighted by molar-refractivity contribution is 6.74. The minimum Gasteiger partial charge on any atom is -0.508 e. The van der Waals surface area contributed by atoms with Crippen molar-refractivity contribution in [1.82, 2.24) is 5.06 Å². The average molecular weight is 1120 g/mol. The molecular formula is C57H89NO17Si2. The third kappa shape index (κ3) is 31.8. The number of carboxylic acid groups (broad SMARTS) is 1. The number of carbonyl (C=O) groups excluding carboxylic acids is 6. The summed E-state index contributed by atoms with van der Waals surface area (Å²) in [5.41, 5.74) is 3.63. The van der Waals surface area contributed by atoms with E-state index in [1.54, 1.807) is 72.8 Å². The number of hydroxylamine groups is 2. The van der Waals surface area contributed by atoms with Gasteiger partial charge in [-0.15, -0.1) is 0 Å². The first kappa shape index (κ1) is 76.8. The summed E-state index contributed by atoms with van der Waals surface area (Å²) in [6, 6.07) is 27.7. The number of hydrogen-bond acceptors (Lipinski definition) is 16. The van der Waals surface area contributed by atoms with Gasteiger partial charge in [0.25, 0.3) is 17.8 Å². The van der Waals surface area contributed by atoms with Gasteiger partial charge in [0.2, 0.25) is 0 Å². The summed E-state index contributed by atoms with van der Waals surface area (Å²) in [6.07, 6.45) is -1.11. The number of carbonyl (C=O) groups is 7. The average Bonchev–Trinajstić information content (AvgIpc) is 3.60. The van der Waals surface area contributed by atoms with Crippen molar-refractivity contribution in [1.29, 1.82) is 0 Å². The van der Waals surface area contributed by atoms with Gasteiger partial charge in [0.15, 0.2) is 16.6 Å². The van der Waals surface area contributed by atoms with Gasteiger partial charge in [-0.05, 0) is 107 Å². The number of aromatic hydroxyl groups is 1. The molecule has 1 aliphatic heterocycles. The molecule has 1 saturated heterocycles. The van der Waals surface area contributed by atoms with Crippen LogP contribution in [-0.4, -0.2) is 78.9 Å². The molecule has 4 aromatic rings. The molecule has 1 aliphatic rings.